The molecule has 0 radical (unpaired) electrons. The SMILES string of the molecule is O=C(Nc1ccc(N2CCOCC2)cc1)c1ccc2nc(Nc3ccncn3)sc2c1. The number of anilines is 4. The van der Waals surface area contributed by atoms with Crippen LogP contribution in [-0.2, 0) is 4.74 Å². The third-order valence-electron chi connectivity index (χ3n) is 4.97. The number of benzene rings is 2. The van der Waals surface area contributed by atoms with E-state index in [0.29, 0.717) is 16.5 Å². The van der Waals surface area contributed by atoms with Crippen molar-refractivity contribution in [2.75, 3.05) is 41.8 Å². The second-order valence-electron chi connectivity index (χ2n) is 7.02. The molecule has 0 unspecified atom stereocenters. The summed E-state index contributed by atoms with van der Waals surface area (Å²) in [5.74, 6) is 0.521. The Balaban J connectivity index is 1.28. The molecule has 8 nitrogen and oxygen atoms in total. The number of hydrogen-bond donors (Lipinski definition) is 2. The summed E-state index contributed by atoms with van der Waals surface area (Å²) in [5, 5.41) is 6.84. The molecule has 5 rings (SSSR count). The standard InChI is InChI=1S/C22H20N6O2S/c29-21(25-16-2-4-17(5-3-16)28-9-11-30-12-10-28)15-1-6-18-19(13-15)31-22(26-18)27-20-7-8-23-14-24-20/h1-8,13-14H,9-12H2,(H,25,29)(H,23,24,26,27). The number of carbonyl (C=O) groups is 1. The van der Waals surface area contributed by atoms with Gasteiger partial charge in [-0.2, -0.15) is 0 Å². The molecule has 0 spiro atoms. The Bertz CT molecular complexity index is 1190. The van der Waals surface area contributed by atoms with E-state index in [1.807, 2.05) is 36.4 Å². The lowest BCUT2D eigenvalue weighted by Crippen LogP contribution is -2.36. The third kappa shape index (κ3) is 4.47. The molecule has 1 amide bonds. The van der Waals surface area contributed by atoms with Crippen molar-refractivity contribution < 1.29 is 9.53 Å². The third-order valence-corrected chi connectivity index (χ3v) is 5.90. The lowest BCUT2D eigenvalue weighted by atomic mass is 10.2. The van der Waals surface area contributed by atoms with E-state index in [-0.39, 0.29) is 5.91 Å². The van der Waals surface area contributed by atoms with Crippen molar-refractivity contribution in [2.45, 2.75) is 0 Å². The van der Waals surface area contributed by atoms with Crippen molar-refractivity contribution in [3.8, 4) is 0 Å². The number of carbonyl (C=O) groups excluding carboxylic acids is 1. The molecule has 3 heterocycles. The Hall–Kier alpha value is -3.56. The molecule has 1 aliphatic rings. The minimum Gasteiger partial charge on any atom is -0.378 e. The average molecular weight is 433 g/mol. The van der Waals surface area contributed by atoms with E-state index < -0.39 is 0 Å². The highest BCUT2D eigenvalue weighted by Gasteiger charge is 2.13. The van der Waals surface area contributed by atoms with Gasteiger partial charge >= 0.3 is 0 Å². The molecule has 156 valence electrons. The first-order valence-corrected chi connectivity index (χ1v) is 10.7. The van der Waals surface area contributed by atoms with Crippen LogP contribution >= 0.6 is 11.3 Å². The van der Waals surface area contributed by atoms with Crippen LogP contribution in [0.5, 0.6) is 0 Å². The molecule has 1 fully saturated rings. The first-order chi connectivity index (χ1) is 15.2. The number of thiazole rings is 1. The molecule has 2 aromatic carbocycles. The molecule has 0 saturated carbocycles. The Labute approximate surface area is 182 Å². The van der Waals surface area contributed by atoms with Crippen LogP contribution in [0.2, 0.25) is 0 Å². The van der Waals surface area contributed by atoms with E-state index in [0.717, 1.165) is 47.9 Å². The van der Waals surface area contributed by atoms with Gasteiger partial charge in [0.25, 0.3) is 5.91 Å². The van der Waals surface area contributed by atoms with Gasteiger partial charge in [0.15, 0.2) is 5.13 Å². The smallest absolute Gasteiger partial charge is 0.255 e. The molecule has 0 atom stereocenters. The van der Waals surface area contributed by atoms with E-state index in [4.69, 9.17) is 4.74 Å². The van der Waals surface area contributed by atoms with E-state index in [1.54, 1.807) is 18.3 Å². The van der Waals surface area contributed by atoms with Crippen molar-refractivity contribution >= 4 is 49.8 Å². The fourth-order valence-corrected chi connectivity index (χ4v) is 4.29. The maximum absolute atomic E-state index is 12.8. The van der Waals surface area contributed by atoms with Gasteiger partial charge in [0, 0.05) is 36.2 Å². The van der Waals surface area contributed by atoms with Crippen LogP contribution in [0.25, 0.3) is 10.2 Å². The van der Waals surface area contributed by atoms with E-state index >= 15 is 0 Å². The van der Waals surface area contributed by atoms with Gasteiger partial charge in [0.2, 0.25) is 0 Å². The van der Waals surface area contributed by atoms with Crippen LogP contribution in [0.1, 0.15) is 10.4 Å². The number of fused-ring (bicyclic) bond motifs is 1. The molecule has 0 bridgehead atoms. The molecule has 2 aromatic heterocycles. The summed E-state index contributed by atoms with van der Waals surface area (Å²) in [5.41, 5.74) is 3.31. The lowest BCUT2D eigenvalue weighted by Gasteiger charge is -2.28. The van der Waals surface area contributed by atoms with Crippen LogP contribution in [0.4, 0.5) is 22.3 Å². The largest absolute Gasteiger partial charge is 0.378 e. The van der Waals surface area contributed by atoms with Gasteiger partial charge in [-0.1, -0.05) is 11.3 Å². The van der Waals surface area contributed by atoms with Gasteiger partial charge in [-0.05, 0) is 48.5 Å². The number of ether oxygens (including phenoxy) is 1. The molecule has 1 aliphatic heterocycles. The molecular weight excluding hydrogens is 412 g/mol. The van der Waals surface area contributed by atoms with Crippen LogP contribution < -0.4 is 15.5 Å². The summed E-state index contributed by atoms with van der Waals surface area (Å²) in [6.07, 6.45) is 3.14. The van der Waals surface area contributed by atoms with Gasteiger partial charge in [0.05, 0.1) is 23.4 Å². The van der Waals surface area contributed by atoms with Crippen molar-refractivity contribution in [3.05, 3.63) is 66.6 Å². The minimum absolute atomic E-state index is 0.153. The van der Waals surface area contributed by atoms with Crippen molar-refractivity contribution in [2.24, 2.45) is 0 Å². The number of amides is 1. The second-order valence-corrected chi connectivity index (χ2v) is 8.05. The highest BCUT2D eigenvalue weighted by Crippen LogP contribution is 2.29. The summed E-state index contributed by atoms with van der Waals surface area (Å²) in [6, 6.07) is 15.2. The fraction of sp³-hybridized carbons (Fsp3) is 0.182. The molecule has 4 aromatic rings. The molecule has 1 saturated heterocycles. The van der Waals surface area contributed by atoms with Crippen LogP contribution in [-0.4, -0.2) is 47.2 Å². The number of nitrogens with one attached hydrogen (secondary N) is 2. The van der Waals surface area contributed by atoms with Crippen LogP contribution in [0.15, 0.2) is 61.1 Å². The monoisotopic (exact) mass is 432 g/mol. The molecular formula is C22H20N6O2S. The van der Waals surface area contributed by atoms with Gasteiger partial charge in [0.1, 0.15) is 12.1 Å². The average Bonchev–Trinajstić information content (AvgIpc) is 3.22. The highest BCUT2D eigenvalue weighted by molar-refractivity contribution is 7.22. The lowest BCUT2D eigenvalue weighted by molar-refractivity contribution is 0.102. The number of morpholine rings is 1. The van der Waals surface area contributed by atoms with Crippen molar-refractivity contribution in [1.82, 2.24) is 15.0 Å². The summed E-state index contributed by atoms with van der Waals surface area (Å²) < 4.78 is 6.32. The highest BCUT2D eigenvalue weighted by atomic mass is 32.1. The quantitative estimate of drug-likeness (QED) is 0.494. The zero-order valence-corrected chi connectivity index (χ0v) is 17.4. The van der Waals surface area contributed by atoms with E-state index in [9.17, 15) is 4.79 Å². The maximum atomic E-state index is 12.8. The van der Waals surface area contributed by atoms with E-state index in [1.165, 1.54) is 17.7 Å². The van der Waals surface area contributed by atoms with Gasteiger partial charge in [-0.3, -0.25) is 4.79 Å². The predicted octanol–water partition coefficient (Wildman–Crippen LogP) is 3.92. The van der Waals surface area contributed by atoms with Crippen molar-refractivity contribution in [3.63, 3.8) is 0 Å². The Kier molecular flexibility index (Phi) is 5.42. The molecule has 9 heteroatoms. The summed E-state index contributed by atoms with van der Waals surface area (Å²) in [6.45, 7) is 3.26. The Morgan fingerprint density at radius 2 is 1.90 bits per heavy atom. The minimum atomic E-state index is -0.153. The van der Waals surface area contributed by atoms with Gasteiger partial charge in [-0.25, -0.2) is 15.0 Å². The fourth-order valence-electron chi connectivity index (χ4n) is 3.37. The molecule has 2 N–H and O–H groups in total. The van der Waals surface area contributed by atoms with Crippen LogP contribution in [0.3, 0.4) is 0 Å². The van der Waals surface area contributed by atoms with Gasteiger partial charge in [-0.15, -0.1) is 0 Å². The first kappa shape index (κ1) is 19.4. The second kappa shape index (κ2) is 8.66. The Morgan fingerprint density at radius 1 is 1.06 bits per heavy atom. The normalized spacial score (nSPS) is 13.9. The van der Waals surface area contributed by atoms with Crippen LogP contribution in [0, 0.1) is 0 Å². The number of aromatic nitrogens is 3. The van der Waals surface area contributed by atoms with Gasteiger partial charge < -0.3 is 20.3 Å². The predicted molar refractivity (Wildman–Crippen MR) is 122 cm³/mol. The number of nitrogens with zero attached hydrogens (tertiary/aromatic N) is 4. The number of hydrogen-bond acceptors (Lipinski definition) is 8. The Morgan fingerprint density at radius 3 is 2.68 bits per heavy atom. The van der Waals surface area contributed by atoms with E-state index in [2.05, 4.69) is 30.5 Å². The number of rotatable bonds is 5. The maximum Gasteiger partial charge on any atom is 0.255 e. The topological polar surface area (TPSA) is 92.3 Å². The molecule has 31 heavy (non-hydrogen) atoms. The molecule has 0 aliphatic carbocycles. The zero-order chi connectivity index (χ0) is 21.0. The summed E-state index contributed by atoms with van der Waals surface area (Å²) in [4.78, 5) is 27.6. The van der Waals surface area contributed by atoms with Crippen molar-refractivity contribution in [1.29, 1.82) is 0 Å². The zero-order valence-electron chi connectivity index (χ0n) is 16.6. The first-order valence-electron chi connectivity index (χ1n) is 9.92. The summed E-state index contributed by atoms with van der Waals surface area (Å²) in [7, 11) is 0. The summed E-state index contributed by atoms with van der Waals surface area (Å²) >= 11 is 1.47.